The van der Waals surface area contributed by atoms with Crippen molar-refractivity contribution >= 4 is 10.0 Å². The molecule has 0 spiro atoms. The lowest BCUT2D eigenvalue weighted by Crippen LogP contribution is -2.39. The van der Waals surface area contributed by atoms with Gasteiger partial charge in [-0.2, -0.15) is 0 Å². The highest BCUT2D eigenvalue weighted by molar-refractivity contribution is 7.89. The quantitative estimate of drug-likeness (QED) is 0.677. The van der Waals surface area contributed by atoms with Gasteiger partial charge in [0.15, 0.2) is 0 Å². The summed E-state index contributed by atoms with van der Waals surface area (Å²) in [4.78, 5) is 4.89. The van der Waals surface area contributed by atoms with Gasteiger partial charge in [0, 0.05) is 25.0 Å². The number of H-pyrrole nitrogens is 1. The van der Waals surface area contributed by atoms with Gasteiger partial charge in [-0.05, 0) is 25.6 Å². The van der Waals surface area contributed by atoms with Gasteiger partial charge in [0.05, 0.1) is 11.5 Å². The van der Waals surface area contributed by atoms with E-state index in [1.165, 1.54) is 12.3 Å². The molecule has 0 bridgehead atoms. The van der Waals surface area contributed by atoms with Crippen LogP contribution in [0.3, 0.4) is 0 Å². The fraction of sp³-hybridized carbons (Fsp3) is 0.667. The lowest BCUT2D eigenvalue weighted by Gasteiger charge is -2.28. The minimum atomic E-state index is -3.53. The zero-order valence-corrected chi connectivity index (χ0v) is 12.7. The van der Waals surface area contributed by atoms with Crippen molar-refractivity contribution in [2.24, 2.45) is 5.41 Å². The average molecular weight is 289 g/mol. The second-order valence-corrected chi connectivity index (χ2v) is 7.51. The predicted octanol–water partition coefficient (Wildman–Crippen LogP) is 0.373. The Balaban J connectivity index is 2.70. The molecule has 0 aliphatic rings. The summed E-state index contributed by atoms with van der Waals surface area (Å²) in [6.07, 6.45) is 1.38. The average Bonchev–Trinajstić information content (AvgIpc) is 2.74. The van der Waals surface area contributed by atoms with Crippen LogP contribution >= 0.6 is 0 Å². The summed E-state index contributed by atoms with van der Waals surface area (Å²) in [7, 11) is 0.379. The molecule has 3 N–H and O–H groups in total. The highest BCUT2D eigenvalue weighted by atomic mass is 32.2. The van der Waals surface area contributed by atoms with Gasteiger partial charge in [-0.25, -0.2) is 13.1 Å². The second-order valence-electron chi connectivity index (χ2n) is 5.75. The molecule has 7 heteroatoms. The molecule has 1 aromatic rings. The Morgan fingerprint density at radius 3 is 2.53 bits per heavy atom. The molecule has 0 atom stereocenters. The van der Waals surface area contributed by atoms with Crippen LogP contribution in [0.5, 0.6) is 0 Å². The molecule has 0 radical (unpaired) electrons. The fourth-order valence-corrected chi connectivity index (χ4v) is 3.21. The van der Waals surface area contributed by atoms with Gasteiger partial charge in [-0.1, -0.05) is 13.8 Å². The van der Waals surface area contributed by atoms with E-state index in [1.54, 1.807) is 0 Å². The van der Waals surface area contributed by atoms with Gasteiger partial charge >= 0.3 is 0 Å². The highest BCUT2D eigenvalue weighted by Crippen LogP contribution is 2.17. The van der Waals surface area contributed by atoms with Gasteiger partial charge in [0.2, 0.25) is 10.0 Å². The van der Waals surface area contributed by atoms with Crippen LogP contribution < -0.4 is 4.72 Å². The third-order valence-electron chi connectivity index (χ3n) is 2.68. The summed E-state index contributed by atoms with van der Waals surface area (Å²) >= 11 is 0. The normalized spacial score (nSPS) is 13.2. The first-order chi connectivity index (χ1) is 8.66. The Bertz CT molecular complexity index is 506. The number of aliphatic hydroxyl groups excluding tert-OH is 1. The van der Waals surface area contributed by atoms with Crippen molar-refractivity contribution in [3.8, 4) is 0 Å². The third kappa shape index (κ3) is 4.94. The summed E-state index contributed by atoms with van der Waals surface area (Å²) in [6, 6.07) is 1.43. The molecule has 1 rings (SSSR count). The summed E-state index contributed by atoms with van der Waals surface area (Å²) in [5.41, 5.74) is 0.320. The number of nitrogens with zero attached hydrogens (tertiary/aromatic N) is 1. The van der Waals surface area contributed by atoms with E-state index in [1.807, 2.05) is 32.8 Å². The summed E-state index contributed by atoms with van der Waals surface area (Å²) in [5.74, 6) is 0. The van der Waals surface area contributed by atoms with Crippen LogP contribution in [0.15, 0.2) is 17.2 Å². The standard InChI is InChI=1S/C12H23N3O3S/c1-12(2,9-15(3)4)8-14-19(17,18)11-5-10(7-16)13-6-11/h5-6,13-14,16H,7-9H2,1-4H3. The lowest BCUT2D eigenvalue weighted by atomic mass is 9.93. The van der Waals surface area contributed by atoms with Crippen LogP contribution in [-0.4, -0.2) is 50.6 Å². The smallest absolute Gasteiger partial charge is 0.242 e. The fourth-order valence-electron chi connectivity index (χ4n) is 1.95. The molecule has 0 unspecified atom stereocenters. The molecule has 6 nitrogen and oxygen atoms in total. The largest absolute Gasteiger partial charge is 0.390 e. The van der Waals surface area contributed by atoms with Crippen molar-refractivity contribution < 1.29 is 13.5 Å². The molecule has 0 saturated carbocycles. The zero-order valence-electron chi connectivity index (χ0n) is 11.9. The Morgan fingerprint density at radius 2 is 2.05 bits per heavy atom. The predicted molar refractivity (Wildman–Crippen MR) is 74.2 cm³/mol. The molecule has 110 valence electrons. The number of aromatic nitrogens is 1. The van der Waals surface area contributed by atoms with E-state index in [0.717, 1.165) is 6.54 Å². The van der Waals surface area contributed by atoms with Crippen molar-refractivity contribution in [2.75, 3.05) is 27.2 Å². The molecular formula is C12H23N3O3S. The number of hydrogen-bond acceptors (Lipinski definition) is 4. The first kappa shape index (κ1) is 16.2. The molecule has 0 saturated heterocycles. The van der Waals surface area contributed by atoms with Crippen LogP contribution in [0.4, 0.5) is 0 Å². The lowest BCUT2D eigenvalue weighted by molar-refractivity contribution is 0.242. The van der Waals surface area contributed by atoms with E-state index >= 15 is 0 Å². The van der Waals surface area contributed by atoms with Gasteiger partial charge in [-0.3, -0.25) is 0 Å². The van der Waals surface area contributed by atoms with Crippen LogP contribution in [0.2, 0.25) is 0 Å². The molecule has 1 aromatic heterocycles. The Morgan fingerprint density at radius 1 is 1.42 bits per heavy atom. The van der Waals surface area contributed by atoms with Crippen molar-refractivity contribution in [1.29, 1.82) is 0 Å². The van der Waals surface area contributed by atoms with Gasteiger partial charge in [0.1, 0.15) is 0 Å². The second kappa shape index (κ2) is 6.04. The van der Waals surface area contributed by atoms with Crippen LogP contribution in [0.1, 0.15) is 19.5 Å². The minimum Gasteiger partial charge on any atom is -0.390 e. The summed E-state index contributed by atoms with van der Waals surface area (Å²) in [5, 5.41) is 8.92. The summed E-state index contributed by atoms with van der Waals surface area (Å²) < 4.78 is 26.7. The first-order valence-electron chi connectivity index (χ1n) is 6.09. The maximum absolute atomic E-state index is 12.1. The van der Waals surface area contributed by atoms with Gasteiger partial charge < -0.3 is 15.0 Å². The minimum absolute atomic E-state index is 0.150. The monoisotopic (exact) mass is 289 g/mol. The topological polar surface area (TPSA) is 85.4 Å². The Kier molecular flexibility index (Phi) is 5.14. The Labute approximate surface area is 114 Å². The molecule has 19 heavy (non-hydrogen) atoms. The van der Waals surface area contributed by atoms with Crippen LogP contribution in [0.25, 0.3) is 0 Å². The van der Waals surface area contributed by atoms with Crippen molar-refractivity contribution in [3.63, 3.8) is 0 Å². The van der Waals surface area contributed by atoms with E-state index in [-0.39, 0.29) is 16.9 Å². The SMILES string of the molecule is CN(C)CC(C)(C)CNS(=O)(=O)c1c[nH]c(CO)c1. The Hall–Kier alpha value is -0.890. The number of hydrogen-bond donors (Lipinski definition) is 3. The highest BCUT2D eigenvalue weighted by Gasteiger charge is 2.23. The maximum atomic E-state index is 12.1. The molecule has 0 amide bonds. The number of aliphatic hydroxyl groups is 1. The molecule has 0 aliphatic carbocycles. The van der Waals surface area contributed by atoms with Gasteiger partial charge in [-0.15, -0.1) is 0 Å². The van der Waals surface area contributed by atoms with Crippen LogP contribution in [0, 0.1) is 5.41 Å². The third-order valence-corrected chi connectivity index (χ3v) is 4.06. The maximum Gasteiger partial charge on any atom is 0.242 e. The van der Waals surface area contributed by atoms with Crippen LogP contribution in [-0.2, 0) is 16.6 Å². The van der Waals surface area contributed by atoms with E-state index < -0.39 is 10.0 Å². The number of rotatable bonds is 7. The molecule has 0 fully saturated rings. The van der Waals surface area contributed by atoms with Crippen molar-refractivity contribution in [2.45, 2.75) is 25.3 Å². The first-order valence-corrected chi connectivity index (χ1v) is 7.57. The van der Waals surface area contributed by atoms with E-state index in [9.17, 15) is 8.42 Å². The molecule has 0 aromatic carbocycles. The number of nitrogens with one attached hydrogen (secondary N) is 2. The van der Waals surface area contributed by atoms with Gasteiger partial charge in [0.25, 0.3) is 0 Å². The molecule has 0 aliphatic heterocycles. The zero-order chi connectivity index (χ0) is 14.7. The number of aromatic amines is 1. The summed E-state index contributed by atoms with van der Waals surface area (Å²) in [6.45, 7) is 4.94. The van der Waals surface area contributed by atoms with E-state index in [4.69, 9.17) is 5.11 Å². The molecule has 1 heterocycles. The van der Waals surface area contributed by atoms with E-state index in [0.29, 0.717) is 12.2 Å². The number of sulfonamides is 1. The van der Waals surface area contributed by atoms with Crippen molar-refractivity contribution in [3.05, 3.63) is 18.0 Å². The van der Waals surface area contributed by atoms with Crippen molar-refractivity contribution in [1.82, 2.24) is 14.6 Å². The van der Waals surface area contributed by atoms with E-state index in [2.05, 4.69) is 9.71 Å². The molecular weight excluding hydrogens is 266 g/mol.